The summed E-state index contributed by atoms with van der Waals surface area (Å²) in [6, 6.07) is 7.36. The minimum absolute atomic E-state index is 0.0822. The molecule has 1 aliphatic rings. The molecule has 0 unspecified atom stereocenters. The van der Waals surface area contributed by atoms with Gasteiger partial charge >= 0.3 is 35.9 Å². The summed E-state index contributed by atoms with van der Waals surface area (Å²) in [5.74, 6) is -4.06. The maximum absolute atomic E-state index is 12.4. The lowest BCUT2D eigenvalue weighted by atomic mass is 9.98. The van der Waals surface area contributed by atoms with Gasteiger partial charge in [-0.05, 0) is 5.56 Å². The molecule has 0 aromatic heterocycles. The van der Waals surface area contributed by atoms with Gasteiger partial charge in [-0.1, -0.05) is 30.3 Å². The van der Waals surface area contributed by atoms with Crippen molar-refractivity contribution in [2.75, 3.05) is 20.3 Å². The van der Waals surface area contributed by atoms with E-state index in [1.807, 2.05) is 0 Å². The average molecular weight is 584 g/mol. The first-order valence-corrected chi connectivity index (χ1v) is 12.4. The number of benzene rings is 1. The van der Waals surface area contributed by atoms with E-state index in [0.717, 1.165) is 34.8 Å². The highest BCUT2D eigenvalue weighted by molar-refractivity contribution is 5.81. The first kappa shape index (κ1) is 33.0. The Bertz CT molecular complexity index is 1080. The summed E-state index contributed by atoms with van der Waals surface area (Å²) in [6.45, 7) is 3.20. The molecular weight excluding hydrogens is 550 g/mol. The zero-order valence-corrected chi connectivity index (χ0v) is 23.2. The number of ether oxygens (including phenoxy) is 8. The van der Waals surface area contributed by atoms with Gasteiger partial charge < -0.3 is 43.2 Å². The van der Waals surface area contributed by atoms with Crippen molar-refractivity contribution in [2.24, 2.45) is 0 Å². The van der Waals surface area contributed by atoms with Crippen LogP contribution in [0.1, 0.15) is 33.3 Å². The fourth-order valence-corrected chi connectivity index (χ4v) is 3.73. The molecule has 1 N–H and O–H groups in total. The van der Waals surface area contributed by atoms with Crippen LogP contribution in [0.15, 0.2) is 30.3 Å². The van der Waals surface area contributed by atoms with E-state index in [2.05, 4.69) is 5.32 Å². The van der Waals surface area contributed by atoms with Crippen molar-refractivity contribution in [3.8, 4) is 0 Å². The molecule has 1 heterocycles. The summed E-state index contributed by atoms with van der Waals surface area (Å²) >= 11 is 0. The molecule has 1 saturated heterocycles. The van der Waals surface area contributed by atoms with E-state index in [1.165, 1.54) is 0 Å². The van der Waals surface area contributed by atoms with Crippen molar-refractivity contribution in [1.82, 2.24) is 5.32 Å². The van der Waals surface area contributed by atoms with E-state index in [4.69, 9.17) is 37.9 Å². The first-order valence-electron chi connectivity index (χ1n) is 12.4. The highest BCUT2D eigenvalue weighted by Crippen LogP contribution is 2.30. The Labute approximate surface area is 235 Å². The summed E-state index contributed by atoms with van der Waals surface area (Å²) in [7, 11) is 1.08. The number of amides is 1. The van der Waals surface area contributed by atoms with Crippen LogP contribution in [0.5, 0.6) is 0 Å². The number of methoxy groups -OCH3 is 1. The minimum Gasteiger partial charge on any atom is -0.467 e. The number of nitrogens with one attached hydrogen (secondary N) is 1. The summed E-state index contributed by atoms with van der Waals surface area (Å²) in [4.78, 5) is 72.0. The number of esters is 5. The molecule has 15 heteroatoms. The van der Waals surface area contributed by atoms with Crippen LogP contribution >= 0.6 is 0 Å². The summed E-state index contributed by atoms with van der Waals surface area (Å²) in [5.41, 5.74) is 0.700. The number of hydrogen-bond donors (Lipinski definition) is 1. The first-order chi connectivity index (χ1) is 19.4. The maximum atomic E-state index is 12.4. The van der Waals surface area contributed by atoms with Gasteiger partial charge in [0.05, 0.1) is 13.7 Å². The highest BCUT2D eigenvalue weighted by Gasteiger charge is 2.53. The van der Waals surface area contributed by atoms with Gasteiger partial charge in [-0.15, -0.1) is 0 Å². The zero-order valence-electron chi connectivity index (χ0n) is 23.2. The molecule has 1 aromatic carbocycles. The molecule has 15 nitrogen and oxygen atoms in total. The van der Waals surface area contributed by atoms with Crippen molar-refractivity contribution < 1.29 is 66.7 Å². The lowest BCUT2D eigenvalue weighted by molar-refractivity contribution is -0.308. The molecule has 1 fully saturated rings. The van der Waals surface area contributed by atoms with E-state index in [0.29, 0.717) is 5.56 Å². The third-order valence-corrected chi connectivity index (χ3v) is 5.37. The Morgan fingerprint density at radius 2 is 1.39 bits per heavy atom. The van der Waals surface area contributed by atoms with Crippen LogP contribution in [0.4, 0.5) is 4.79 Å². The molecule has 0 saturated carbocycles. The van der Waals surface area contributed by atoms with Crippen LogP contribution in [0.2, 0.25) is 0 Å². The Balaban J connectivity index is 2.27. The van der Waals surface area contributed by atoms with Crippen LogP contribution < -0.4 is 5.32 Å². The molecule has 1 amide bonds. The molecule has 0 aliphatic carbocycles. The van der Waals surface area contributed by atoms with Gasteiger partial charge in [-0.25, -0.2) is 9.59 Å². The van der Waals surface area contributed by atoms with Crippen molar-refractivity contribution in [1.29, 1.82) is 0 Å². The lowest BCUT2D eigenvalue weighted by Crippen LogP contribution is -2.63. The van der Waals surface area contributed by atoms with E-state index in [1.54, 1.807) is 30.3 Å². The molecule has 0 radical (unpaired) electrons. The number of rotatable bonds is 12. The van der Waals surface area contributed by atoms with Gasteiger partial charge in [0, 0.05) is 27.7 Å². The molecule has 41 heavy (non-hydrogen) atoms. The highest BCUT2D eigenvalue weighted by atomic mass is 16.7. The van der Waals surface area contributed by atoms with Crippen molar-refractivity contribution >= 4 is 35.9 Å². The SMILES string of the molecule is COC(=O)[C@@H](CO[C@@H]1O[C@H](COC(C)=O)[C@H](OC(C)=O)[C@H](OC(C)=O)[C@H]1OC(C)=O)NC(=O)OCc1ccccc1. The molecule has 1 aromatic rings. The molecule has 226 valence electrons. The van der Waals surface area contributed by atoms with Crippen LogP contribution in [0.3, 0.4) is 0 Å². The van der Waals surface area contributed by atoms with E-state index < -0.39 is 85.9 Å². The van der Waals surface area contributed by atoms with Gasteiger partial charge in [-0.2, -0.15) is 0 Å². The summed E-state index contributed by atoms with van der Waals surface area (Å²) in [5, 5.41) is 2.31. The van der Waals surface area contributed by atoms with Crippen LogP contribution in [-0.2, 0) is 68.5 Å². The predicted molar refractivity (Wildman–Crippen MR) is 133 cm³/mol. The van der Waals surface area contributed by atoms with E-state index in [9.17, 15) is 28.8 Å². The number of hydrogen-bond acceptors (Lipinski definition) is 14. The Morgan fingerprint density at radius 1 is 0.805 bits per heavy atom. The van der Waals surface area contributed by atoms with E-state index >= 15 is 0 Å². The third kappa shape index (κ3) is 11.0. The summed E-state index contributed by atoms with van der Waals surface area (Å²) in [6.07, 6.45) is -8.16. The van der Waals surface area contributed by atoms with Gasteiger partial charge in [0.25, 0.3) is 0 Å². The fourth-order valence-electron chi connectivity index (χ4n) is 3.73. The molecular formula is C26H33NO14. The van der Waals surface area contributed by atoms with E-state index in [-0.39, 0.29) is 6.61 Å². The van der Waals surface area contributed by atoms with Gasteiger partial charge in [0.2, 0.25) is 0 Å². The normalized spacial score (nSPS) is 22.3. The van der Waals surface area contributed by atoms with Crippen LogP contribution in [0.25, 0.3) is 0 Å². The lowest BCUT2D eigenvalue weighted by Gasteiger charge is -2.44. The molecule has 6 atom stereocenters. The minimum atomic E-state index is -1.56. The third-order valence-electron chi connectivity index (χ3n) is 5.37. The van der Waals surface area contributed by atoms with Gasteiger partial charge in [-0.3, -0.25) is 19.2 Å². The molecule has 0 spiro atoms. The second-order valence-corrected chi connectivity index (χ2v) is 8.68. The molecule has 0 bridgehead atoms. The Kier molecular flexibility index (Phi) is 13.0. The predicted octanol–water partition coefficient (Wildman–Crippen LogP) is 0.554. The van der Waals surface area contributed by atoms with Crippen LogP contribution in [-0.4, -0.2) is 93.0 Å². The topological polar surface area (TPSA) is 188 Å². The van der Waals surface area contributed by atoms with Gasteiger partial charge in [0.15, 0.2) is 30.6 Å². The standard InChI is InChI=1S/C26H33NO14/c1-14(28)35-13-20-21(38-15(2)29)22(39-16(3)30)23(40-17(4)31)25(41-20)36-12-19(24(32)34-5)27-26(33)37-11-18-9-7-6-8-10-18/h6-10,19-23,25H,11-13H2,1-5H3,(H,27,33)/t19-,20-,21+,22+,23-,25-/m1/s1. The van der Waals surface area contributed by atoms with Crippen LogP contribution in [0, 0.1) is 0 Å². The van der Waals surface area contributed by atoms with Crippen molar-refractivity contribution in [3.63, 3.8) is 0 Å². The maximum Gasteiger partial charge on any atom is 0.408 e. The molecule has 1 aliphatic heterocycles. The Morgan fingerprint density at radius 3 is 1.95 bits per heavy atom. The van der Waals surface area contributed by atoms with Crippen molar-refractivity contribution in [3.05, 3.63) is 35.9 Å². The monoisotopic (exact) mass is 583 g/mol. The second kappa shape index (κ2) is 16.1. The smallest absolute Gasteiger partial charge is 0.408 e. The average Bonchev–Trinajstić information content (AvgIpc) is 2.90. The summed E-state index contributed by atoms with van der Waals surface area (Å²) < 4.78 is 42.3. The number of carbonyl (C=O) groups is 6. The fraction of sp³-hybridized carbons (Fsp3) is 0.538. The quantitative estimate of drug-likeness (QED) is 0.265. The van der Waals surface area contributed by atoms with Gasteiger partial charge in [0.1, 0.15) is 19.3 Å². The Hall–Kier alpha value is -4.24. The van der Waals surface area contributed by atoms with Crippen molar-refractivity contribution in [2.45, 2.75) is 71.0 Å². The largest absolute Gasteiger partial charge is 0.467 e. The number of carbonyl (C=O) groups excluding carboxylic acids is 6. The number of alkyl carbamates (subject to hydrolysis) is 1. The molecule has 2 rings (SSSR count). The zero-order chi connectivity index (χ0) is 30.5. The second-order valence-electron chi connectivity index (χ2n) is 8.68.